The number of hydrogen-bond donors (Lipinski definition) is 2. The predicted molar refractivity (Wildman–Crippen MR) is 160 cm³/mol. The standard InChI is InChI=1S/C33H31F3N6O2/c1-2-23-26(35)7-4-18-10-22(43)11-24(27(18)23)29-28(36)30-25(13-37-29)31(41-15-20-5-6-21(16-41)38-20)40-32(39-30)44-17-33-8-3-9-42(33)14-19(34)12-33/h1,4,7,10-11,13,19-21,38,43H,3,5-6,8-9,12,14-17H2/t19-,20-,21+,33+/m1/s1/i9D2,17D2,19D. The number of aromatic hydroxyl groups is 1. The van der Waals surface area contributed by atoms with Gasteiger partial charge in [0.25, 0.3) is 0 Å². The fourth-order valence-corrected chi connectivity index (χ4v) is 7.12. The number of phenols is 1. The molecule has 2 bridgehead atoms. The van der Waals surface area contributed by atoms with Crippen LogP contribution in [0.1, 0.15) is 44.5 Å². The first-order valence-electron chi connectivity index (χ1n) is 17.1. The number of phenolic OH excluding ortho intramolecular Hbond substituents is 1. The molecule has 4 saturated heterocycles. The van der Waals surface area contributed by atoms with E-state index in [4.69, 9.17) is 18.0 Å². The van der Waals surface area contributed by atoms with E-state index in [1.54, 1.807) is 0 Å². The molecule has 0 amide bonds. The molecular weight excluding hydrogens is 569 g/mol. The Morgan fingerprint density at radius 1 is 1.23 bits per heavy atom. The van der Waals surface area contributed by atoms with Crippen LogP contribution < -0.4 is 15.0 Å². The van der Waals surface area contributed by atoms with Crippen molar-refractivity contribution < 1.29 is 29.9 Å². The lowest BCUT2D eigenvalue weighted by atomic mass is 9.95. The highest BCUT2D eigenvalue weighted by molar-refractivity contribution is 6.03. The zero-order valence-corrected chi connectivity index (χ0v) is 23.5. The number of benzene rings is 2. The highest BCUT2D eigenvalue weighted by Gasteiger charge is 2.49. The van der Waals surface area contributed by atoms with Crippen LogP contribution in [0.4, 0.5) is 19.0 Å². The largest absolute Gasteiger partial charge is 0.508 e. The third-order valence-electron chi connectivity index (χ3n) is 9.11. The Labute approximate surface area is 259 Å². The fourth-order valence-electron chi connectivity index (χ4n) is 7.12. The molecule has 2 N–H and O–H groups in total. The fraction of sp³-hybridized carbons (Fsp3) is 0.424. The van der Waals surface area contributed by atoms with Crippen LogP contribution in [0, 0.1) is 24.0 Å². The first kappa shape index (κ1) is 22.4. The Balaban J connectivity index is 1.31. The molecule has 0 unspecified atom stereocenters. The smallest absolute Gasteiger partial charge is 0.319 e. The molecular formula is C33H31F3N6O2. The molecule has 0 spiro atoms. The number of ether oxygens (including phenoxy) is 1. The molecule has 4 atom stereocenters. The van der Waals surface area contributed by atoms with Gasteiger partial charge in [-0.2, -0.15) is 9.97 Å². The number of terminal acetylenes is 1. The minimum Gasteiger partial charge on any atom is -0.508 e. The molecule has 4 fully saturated rings. The Bertz CT molecular complexity index is 2090. The van der Waals surface area contributed by atoms with E-state index in [0.717, 1.165) is 23.8 Å². The molecule has 0 saturated carbocycles. The summed E-state index contributed by atoms with van der Waals surface area (Å²) in [6.45, 7) is -4.55. The van der Waals surface area contributed by atoms with Gasteiger partial charge in [-0.15, -0.1) is 6.42 Å². The SMILES string of the molecule is [2H]C1([2H])CC[C@@]2(C([2H])([2H])Oc3nc(N4C[C@H]5CC[C@@H](C4)N5)c4cnc(-c5cc(O)cc6ccc(F)c(C#C)c56)c(F)c4n3)C[C@@]([2H])(F)CN12. The number of aromatic nitrogens is 3. The molecule has 2 aromatic carbocycles. The lowest BCUT2D eigenvalue weighted by Crippen LogP contribution is -2.51. The van der Waals surface area contributed by atoms with E-state index in [-0.39, 0.29) is 69.6 Å². The highest BCUT2D eigenvalue weighted by atomic mass is 19.1. The lowest BCUT2D eigenvalue weighted by Gasteiger charge is -2.34. The Morgan fingerprint density at radius 2 is 2.05 bits per heavy atom. The van der Waals surface area contributed by atoms with Gasteiger partial charge in [-0.3, -0.25) is 9.88 Å². The van der Waals surface area contributed by atoms with Gasteiger partial charge >= 0.3 is 6.01 Å². The first-order valence-corrected chi connectivity index (χ1v) is 14.6. The van der Waals surface area contributed by atoms with E-state index < -0.39 is 55.4 Å². The van der Waals surface area contributed by atoms with E-state index in [1.807, 2.05) is 4.90 Å². The van der Waals surface area contributed by atoms with Crippen molar-refractivity contribution in [3.8, 4) is 35.4 Å². The average molecular weight is 606 g/mol. The van der Waals surface area contributed by atoms with E-state index in [1.165, 1.54) is 24.4 Å². The summed E-state index contributed by atoms with van der Waals surface area (Å²) in [7, 11) is 0. The van der Waals surface area contributed by atoms with Gasteiger partial charge in [0, 0.05) is 58.0 Å². The Kier molecular flexibility index (Phi) is 5.19. The van der Waals surface area contributed by atoms with Crippen LogP contribution in [-0.2, 0) is 0 Å². The lowest BCUT2D eigenvalue weighted by molar-refractivity contribution is 0.107. The minimum atomic E-state index is -2.81. The van der Waals surface area contributed by atoms with Gasteiger partial charge in [0.2, 0.25) is 0 Å². The number of anilines is 1. The molecule has 2 aromatic heterocycles. The molecule has 0 radical (unpaired) electrons. The van der Waals surface area contributed by atoms with Crippen molar-refractivity contribution in [2.75, 3.05) is 37.6 Å². The summed E-state index contributed by atoms with van der Waals surface area (Å²) in [5.41, 5.74) is -2.62. The summed E-state index contributed by atoms with van der Waals surface area (Å²) in [4.78, 5) is 16.2. The Morgan fingerprint density at radius 3 is 2.84 bits per heavy atom. The third kappa shape index (κ3) is 4.34. The third-order valence-corrected chi connectivity index (χ3v) is 9.11. The van der Waals surface area contributed by atoms with Crippen molar-refractivity contribution in [3.63, 3.8) is 0 Å². The predicted octanol–water partition coefficient (Wildman–Crippen LogP) is 4.71. The topological polar surface area (TPSA) is 86.6 Å². The van der Waals surface area contributed by atoms with Crippen LogP contribution in [0.3, 0.4) is 0 Å². The zero-order valence-electron chi connectivity index (χ0n) is 28.5. The van der Waals surface area contributed by atoms with E-state index >= 15 is 8.78 Å². The molecule has 226 valence electrons. The molecule has 0 aliphatic carbocycles. The van der Waals surface area contributed by atoms with E-state index in [0.29, 0.717) is 18.5 Å². The maximum Gasteiger partial charge on any atom is 0.319 e. The Hall–Kier alpha value is -4.14. The van der Waals surface area contributed by atoms with E-state index in [2.05, 4.69) is 26.2 Å². The van der Waals surface area contributed by atoms with Gasteiger partial charge in [0.1, 0.15) is 41.3 Å². The van der Waals surface area contributed by atoms with Gasteiger partial charge in [0.15, 0.2) is 5.82 Å². The summed E-state index contributed by atoms with van der Waals surface area (Å²) in [5.74, 6) is 0.575. The monoisotopic (exact) mass is 605 g/mol. The second-order valence-corrected chi connectivity index (χ2v) is 11.9. The minimum absolute atomic E-state index is 0.00318. The van der Waals surface area contributed by atoms with Crippen LogP contribution in [0.5, 0.6) is 11.8 Å². The first-order chi connectivity index (χ1) is 23.1. The van der Waals surface area contributed by atoms with Crippen molar-refractivity contribution in [3.05, 3.63) is 47.7 Å². The van der Waals surface area contributed by atoms with Crippen molar-refractivity contribution >= 4 is 27.5 Å². The van der Waals surface area contributed by atoms with Gasteiger partial charge in [-0.25, -0.2) is 13.2 Å². The van der Waals surface area contributed by atoms with Crippen LogP contribution in [0.15, 0.2) is 30.5 Å². The second-order valence-electron chi connectivity index (χ2n) is 11.9. The normalized spacial score (nSPS) is 31.2. The number of hydrogen-bond acceptors (Lipinski definition) is 8. The molecule has 8 nitrogen and oxygen atoms in total. The highest BCUT2D eigenvalue weighted by Crippen LogP contribution is 2.42. The van der Waals surface area contributed by atoms with Crippen molar-refractivity contribution in [2.24, 2.45) is 0 Å². The van der Waals surface area contributed by atoms with Gasteiger partial charge < -0.3 is 20.1 Å². The summed E-state index contributed by atoms with van der Waals surface area (Å²) in [6, 6.07) is 4.83. The average Bonchev–Trinajstić information content (AvgIpc) is 3.63. The molecule has 6 heterocycles. The van der Waals surface area contributed by atoms with Crippen LogP contribution in [0.25, 0.3) is 32.9 Å². The molecule has 44 heavy (non-hydrogen) atoms. The quantitative estimate of drug-likeness (QED) is 0.317. The maximum atomic E-state index is 16.9. The molecule has 8 rings (SSSR count). The zero-order chi connectivity index (χ0) is 34.7. The summed E-state index contributed by atoms with van der Waals surface area (Å²) in [5, 5.41) is 14.7. The second kappa shape index (κ2) is 10.2. The number of rotatable bonds is 5. The molecule has 4 aromatic rings. The number of halogens is 3. The summed E-state index contributed by atoms with van der Waals surface area (Å²) >= 11 is 0. The van der Waals surface area contributed by atoms with Crippen molar-refractivity contribution in [2.45, 2.75) is 55.9 Å². The summed E-state index contributed by atoms with van der Waals surface area (Å²) in [6.07, 6.45) is 5.31. The van der Waals surface area contributed by atoms with Crippen molar-refractivity contribution in [1.29, 1.82) is 0 Å². The van der Waals surface area contributed by atoms with Crippen LogP contribution in [0.2, 0.25) is 0 Å². The van der Waals surface area contributed by atoms with Crippen molar-refractivity contribution in [1.82, 2.24) is 25.2 Å². The van der Waals surface area contributed by atoms with Crippen LogP contribution in [-0.4, -0.2) is 81.4 Å². The van der Waals surface area contributed by atoms with Gasteiger partial charge in [-0.05, 0) is 55.8 Å². The number of nitrogens with one attached hydrogen (secondary N) is 1. The van der Waals surface area contributed by atoms with Gasteiger partial charge in [0.05, 0.1) is 20.6 Å². The van der Waals surface area contributed by atoms with Crippen LogP contribution >= 0.6 is 0 Å². The number of alkyl halides is 1. The summed E-state index contributed by atoms with van der Waals surface area (Å²) < 4.78 is 95.7. The molecule has 4 aliphatic heterocycles. The number of pyridine rings is 1. The number of nitrogens with zero attached hydrogens (tertiary/aromatic N) is 5. The number of fused-ring (bicyclic) bond motifs is 5. The van der Waals surface area contributed by atoms with Gasteiger partial charge in [-0.1, -0.05) is 12.0 Å². The van der Waals surface area contributed by atoms with E-state index in [9.17, 15) is 9.50 Å². The maximum absolute atomic E-state index is 16.9. The number of piperazine rings is 1. The molecule has 11 heteroatoms. The molecule has 4 aliphatic rings.